The Morgan fingerprint density at radius 1 is 1.03 bits per heavy atom. The Labute approximate surface area is 177 Å². The summed E-state index contributed by atoms with van der Waals surface area (Å²) >= 11 is 0. The summed E-state index contributed by atoms with van der Waals surface area (Å²) < 4.78 is 0. The third kappa shape index (κ3) is 5.65. The summed E-state index contributed by atoms with van der Waals surface area (Å²) in [6, 6.07) is 2.86. The fourth-order valence-electron chi connectivity index (χ4n) is 5.54. The Balaban J connectivity index is 1.57. The van der Waals surface area contributed by atoms with Gasteiger partial charge < -0.3 is 19.6 Å². The number of nitrogens with zero attached hydrogens (tertiary/aromatic N) is 6. The summed E-state index contributed by atoms with van der Waals surface area (Å²) in [6.07, 6.45) is 5.05. The van der Waals surface area contributed by atoms with Crippen LogP contribution in [0.1, 0.15) is 46.5 Å². The van der Waals surface area contributed by atoms with Gasteiger partial charge in [-0.1, -0.05) is 13.8 Å². The molecular formula is C23H38N6. The van der Waals surface area contributed by atoms with Crippen LogP contribution in [0.3, 0.4) is 0 Å². The monoisotopic (exact) mass is 398 g/mol. The van der Waals surface area contributed by atoms with Crippen molar-refractivity contribution in [1.82, 2.24) is 19.6 Å². The third-order valence-corrected chi connectivity index (χ3v) is 6.86. The summed E-state index contributed by atoms with van der Waals surface area (Å²) in [5, 5.41) is 9.55. The van der Waals surface area contributed by atoms with E-state index in [0.29, 0.717) is 6.04 Å². The van der Waals surface area contributed by atoms with Crippen LogP contribution in [0.4, 0.5) is 0 Å². The van der Waals surface area contributed by atoms with Crippen LogP contribution in [-0.4, -0.2) is 84.5 Å². The fraction of sp³-hybridized carbons (Fsp3) is 0.826. The van der Waals surface area contributed by atoms with Crippen molar-refractivity contribution in [1.29, 1.82) is 5.26 Å². The Morgan fingerprint density at radius 2 is 1.72 bits per heavy atom. The zero-order valence-electron chi connectivity index (χ0n) is 18.6. The maximum absolute atomic E-state index is 9.55. The molecule has 3 saturated heterocycles. The highest BCUT2D eigenvalue weighted by Crippen LogP contribution is 2.25. The molecule has 6 nitrogen and oxygen atoms in total. The minimum Gasteiger partial charge on any atom is -0.365 e. The first kappa shape index (κ1) is 21.9. The molecule has 0 saturated carbocycles. The Kier molecular flexibility index (Phi) is 7.81. The molecule has 0 aromatic carbocycles. The molecule has 0 aromatic heterocycles. The van der Waals surface area contributed by atoms with Crippen molar-refractivity contribution in [2.24, 2.45) is 11.8 Å². The lowest BCUT2D eigenvalue weighted by Gasteiger charge is -2.36. The van der Waals surface area contributed by atoms with Crippen LogP contribution in [0, 0.1) is 29.7 Å². The van der Waals surface area contributed by atoms with E-state index in [1.54, 1.807) is 0 Å². The highest BCUT2D eigenvalue weighted by molar-refractivity contribution is 5.33. The van der Waals surface area contributed by atoms with E-state index in [1.165, 1.54) is 38.9 Å². The molecule has 3 atom stereocenters. The summed E-state index contributed by atoms with van der Waals surface area (Å²) in [5.74, 6) is 2.40. The average Bonchev–Trinajstić information content (AvgIpc) is 3.27. The first-order valence-electron chi connectivity index (χ1n) is 11.5. The lowest BCUT2D eigenvalue weighted by molar-refractivity contribution is 0.130. The molecule has 29 heavy (non-hydrogen) atoms. The SMILES string of the molecule is [C-]#[N+]C(C#N)=C1N(CCCN2CCCC2C)CCN1CCN1C[C@H](C)C[C@H](C)C1. The van der Waals surface area contributed by atoms with Gasteiger partial charge in [0.1, 0.15) is 5.82 Å². The second kappa shape index (κ2) is 10.3. The van der Waals surface area contributed by atoms with E-state index in [0.717, 1.165) is 63.3 Å². The summed E-state index contributed by atoms with van der Waals surface area (Å²) in [5.41, 5.74) is 0.262. The normalized spacial score (nSPS) is 30.4. The fourth-order valence-corrected chi connectivity index (χ4v) is 5.54. The molecule has 0 radical (unpaired) electrons. The van der Waals surface area contributed by atoms with Crippen LogP contribution in [-0.2, 0) is 0 Å². The molecule has 0 spiro atoms. The average molecular weight is 399 g/mol. The molecule has 0 bridgehead atoms. The van der Waals surface area contributed by atoms with E-state index in [-0.39, 0.29) is 5.70 Å². The van der Waals surface area contributed by atoms with Crippen molar-refractivity contribution < 1.29 is 0 Å². The number of piperidine rings is 1. The number of allylic oxidation sites excluding steroid dienone is 1. The van der Waals surface area contributed by atoms with Gasteiger partial charge in [0.05, 0.1) is 12.6 Å². The van der Waals surface area contributed by atoms with Gasteiger partial charge in [-0.15, -0.1) is 0 Å². The van der Waals surface area contributed by atoms with E-state index in [4.69, 9.17) is 6.57 Å². The zero-order chi connectivity index (χ0) is 20.8. The second-order valence-corrected chi connectivity index (χ2v) is 9.46. The minimum atomic E-state index is 0.262. The van der Waals surface area contributed by atoms with Crippen LogP contribution in [0.5, 0.6) is 0 Å². The van der Waals surface area contributed by atoms with Crippen molar-refractivity contribution in [2.75, 3.05) is 58.9 Å². The lowest BCUT2D eigenvalue weighted by atomic mass is 9.92. The number of nitriles is 1. The van der Waals surface area contributed by atoms with E-state index >= 15 is 0 Å². The number of hydrogen-bond acceptors (Lipinski definition) is 5. The molecule has 0 aromatic rings. The van der Waals surface area contributed by atoms with Crippen LogP contribution in [0.2, 0.25) is 0 Å². The van der Waals surface area contributed by atoms with E-state index in [1.807, 2.05) is 0 Å². The van der Waals surface area contributed by atoms with Gasteiger partial charge in [-0.2, -0.15) is 0 Å². The van der Waals surface area contributed by atoms with Gasteiger partial charge in [0, 0.05) is 58.4 Å². The third-order valence-electron chi connectivity index (χ3n) is 6.86. The molecule has 0 amide bonds. The van der Waals surface area contributed by atoms with Gasteiger partial charge in [0.15, 0.2) is 0 Å². The predicted octanol–water partition coefficient (Wildman–Crippen LogP) is 3.07. The standard InChI is InChI=1S/C23H38N6/c1-19-15-20(2)18-26(17-19)11-12-29-14-13-28(23(29)22(16-24)25-4)10-6-9-27-8-5-7-21(27)3/h19-21H,5-15,17-18H2,1-3H3/t19-,20+,21?. The lowest BCUT2D eigenvalue weighted by Crippen LogP contribution is -2.42. The number of likely N-dealkylation sites (tertiary alicyclic amines) is 2. The van der Waals surface area contributed by atoms with E-state index < -0.39 is 0 Å². The zero-order valence-corrected chi connectivity index (χ0v) is 18.6. The molecule has 0 aliphatic carbocycles. The van der Waals surface area contributed by atoms with Crippen molar-refractivity contribution in [3.05, 3.63) is 22.9 Å². The second-order valence-electron chi connectivity index (χ2n) is 9.46. The minimum absolute atomic E-state index is 0.262. The van der Waals surface area contributed by atoms with Crippen molar-refractivity contribution in [3.8, 4) is 6.07 Å². The molecule has 6 heteroatoms. The topological polar surface area (TPSA) is 41.1 Å². The first-order chi connectivity index (χ1) is 14.0. The molecular weight excluding hydrogens is 360 g/mol. The van der Waals surface area contributed by atoms with Gasteiger partial charge >= 0.3 is 5.70 Å². The largest absolute Gasteiger partial charge is 0.365 e. The van der Waals surface area contributed by atoms with Gasteiger partial charge in [0.2, 0.25) is 0 Å². The summed E-state index contributed by atoms with van der Waals surface area (Å²) in [7, 11) is 0. The quantitative estimate of drug-likeness (QED) is 0.487. The van der Waals surface area contributed by atoms with Crippen LogP contribution in [0.15, 0.2) is 11.5 Å². The Hall–Kier alpha value is -1.76. The maximum atomic E-state index is 9.55. The van der Waals surface area contributed by atoms with Crippen LogP contribution >= 0.6 is 0 Å². The van der Waals surface area contributed by atoms with Crippen LogP contribution < -0.4 is 0 Å². The highest BCUT2D eigenvalue weighted by atomic mass is 15.4. The number of hydrogen-bond donors (Lipinski definition) is 0. The highest BCUT2D eigenvalue weighted by Gasteiger charge is 2.30. The Morgan fingerprint density at radius 3 is 2.31 bits per heavy atom. The van der Waals surface area contributed by atoms with Gasteiger partial charge in [-0.25, -0.2) is 10.1 Å². The van der Waals surface area contributed by atoms with Crippen molar-refractivity contribution in [3.63, 3.8) is 0 Å². The first-order valence-corrected chi connectivity index (χ1v) is 11.5. The number of rotatable bonds is 7. The van der Waals surface area contributed by atoms with E-state index in [2.05, 4.69) is 51.3 Å². The Bertz CT molecular complexity index is 633. The predicted molar refractivity (Wildman–Crippen MR) is 117 cm³/mol. The molecule has 1 unspecified atom stereocenters. The molecule has 0 N–H and O–H groups in total. The molecule has 3 fully saturated rings. The molecule has 3 aliphatic rings. The maximum Gasteiger partial charge on any atom is 0.300 e. The van der Waals surface area contributed by atoms with Crippen LogP contribution in [0.25, 0.3) is 4.85 Å². The van der Waals surface area contributed by atoms with E-state index in [9.17, 15) is 5.26 Å². The molecule has 3 heterocycles. The summed E-state index contributed by atoms with van der Waals surface area (Å²) in [6.45, 7) is 23.9. The molecule has 160 valence electrons. The van der Waals surface area contributed by atoms with Gasteiger partial charge in [-0.05, 0) is 51.0 Å². The van der Waals surface area contributed by atoms with Crippen molar-refractivity contribution >= 4 is 0 Å². The van der Waals surface area contributed by atoms with Crippen molar-refractivity contribution in [2.45, 2.75) is 52.5 Å². The molecule has 3 rings (SSSR count). The summed E-state index contributed by atoms with van der Waals surface area (Å²) in [4.78, 5) is 13.3. The molecule has 3 aliphatic heterocycles. The smallest absolute Gasteiger partial charge is 0.300 e. The van der Waals surface area contributed by atoms with Gasteiger partial charge in [0.25, 0.3) is 0 Å². The van der Waals surface area contributed by atoms with Gasteiger partial charge in [-0.3, -0.25) is 0 Å².